The first-order chi connectivity index (χ1) is 14.3. The molecule has 1 saturated heterocycles. The number of nitrogens with zero attached hydrogens (tertiary/aromatic N) is 2. The molecule has 4 heteroatoms. The summed E-state index contributed by atoms with van der Waals surface area (Å²) in [4.78, 5) is 23.1. The molecule has 0 unspecified atom stereocenters. The maximum absolute atomic E-state index is 12.9. The third kappa shape index (κ3) is 3.98. The van der Waals surface area contributed by atoms with Crippen molar-refractivity contribution >= 4 is 5.91 Å². The maximum atomic E-state index is 12.9. The molecule has 3 aromatic rings. The number of likely N-dealkylation sites (tertiary alicyclic amines) is 1. The Labute approximate surface area is 172 Å². The van der Waals surface area contributed by atoms with Crippen molar-refractivity contribution in [2.75, 3.05) is 6.54 Å². The van der Waals surface area contributed by atoms with Crippen LogP contribution < -0.4 is 0 Å². The summed E-state index contributed by atoms with van der Waals surface area (Å²) in [6.07, 6.45) is 7.90. The molecule has 2 heterocycles. The van der Waals surface area contributed by atoms with E-state index in [-0.39, 0.29) is 11.9 Å². The number of carbonyl (C=O) groups is 1. The second kappa shape index (κ2) is 7.86. The number of amides is 1. The van der Waals surface area contributed by atoms with Crippen molar-refractivity contribution < 1.29 is 4.79 Å². The first-order valence-corrected chi connectivity index (χ1v) is 10.8. The van der Waals surface area contributed by atoms with Crippen LogP contribution in [0, 0.1) is 0 Å². The zero-order valence-electron chi connectivity index (χ0n) is 16.7. The average molecular weight is 386 g/mol. The number of carbonyl (C=O) groups excluding carboxylic acids is 1. The fourth-order valence-electron chi connectivity index (χ4n) is 4.36. The van der Waals surface area contributed by atoms with Gasteiger partial charge in [-0.15, -0.1) is 0 Å². The summed E-state index contributed by atoms with van der Waals surface area (Å²) in [5.74, 6) is 1.88. The minimum Gasteiger partial charge on any atom is -0.344 e. The van der Waals surface area contributed by atoms with Gasteiger partial charge < -0.3 is 9.88 Å². The Hall–Kier alpha value is -2.88. The molecule has 5 rings (SSSR count). The van der Waals surface area contributed by atoms with E-state index in [4.69, 9.17) is 0 Å². The van der Waals surface area contributed by atoms with Crippen molar-refractivity contribution in [3.05, 3.63) is 77.9 Å². The average Bonchev–Trinajstić information content (AvgIpc) is 3.30. The van der Waals surface area contributed by atoms with E-state index in [0.717, 1.165) is 31.6 Å². The van der Waals surface area contributed by atoms with Crippen LogP contribution in [0.3, 0.4) is 0 Å². The van der Waals surface area contributed by atoms with E-state index >= 15 is 0 Å². The highest BCUT2D eigenvalue weighted by atomic mass is 16.2. The molecule has 1 atom stereocenters. The molecule has 29 heavy (non-hydrogen) atoms. The van der Waals surface area contributed by atoms with Gasteiger partial charge in [-0.05, 0) is 48.8 Å². The molecule has 148 valence electrons. The smallest absolute Gasteiger partial charge is 0.223 e. The number of rotatable bonds is 6. The number of imidazole rings is 1. The number of aromatic amines is 1. The van der Waals surface area contributed by atoms with Crippen molar-refractivity contribution in [3.63, 3.8) is 0 Å². The predicted octanol–water partition coefficient (Wildman–Crippen LogP) is 5.25. The number of aryl methyl sites for hydroxylation is 1. The molecule has 1 aromatic heterocycles. The van der Waals surface area contributed by atoms with E-state index in [9.17, 15) is 4.79 Å². The van der Waals surface area contributed by atoms with E-state index in [2.05, 4.69) is 58.5 Å². The van der Waals surface area contributed by atoms with Crippen LogP contribution >= 0.6 is 0 Å². The predicted molar refractivity (Wildman–Crippen MR) is 114 cm³/mol. The van der Waals surface area contributed by atoms with Crippen molar-refractivity contribution in [1.29, 1.82) is 0 Å². The largest absolute Gasteiger partial charge is 0.344 e. The minimum absolute atomic E-state index is 0.121. The van der Waals surface area contributed by atoms with Gasteiger partial charge in [0.25, 0.3) is 0 Å². The van der Waals surface area contributed by atoms with Gasteiger partial charge in [-0.25, -0.2) is 4.98 Å². The Kier molecular flexibility index (Phi) is 4.92. The van der Waals surface area contributed by atoms with Crippen LogP contribution in [-0.4, -0.2) is 27.3 Å². The molecule has 2 aromatic carbocycles. The lowest BCUT2D eigenvalue weighted by molar-refractivity contribution is -0.132. The lowest BCUT2D eigenvalue weighted by atomic mass is 10.0. The van der Waals surface area contributed by atoms with Crippen LogP contribution in [0.25, 0.3) is 11.1 Å². The topological polar surface area (TPSA) is 49.0 Å². The van der Waals surface area contributed by atoms with Crippen LogP contribution in [-0.2, 0) is 11.2 Å². The van der Waals surface area contributed by atoms with Gasteiger partial charge in [-0.2, -0.15) is 0 Å². The summed E-state index contributed by atoms with van der Waals surface area (Å²) in [5.41, 5.74) is 4.89. The highest BCUT2D eigenvalue weighted by molar-refractivity contribution is 5.77. The molecular formula is C25H27N3O. The lowest BCUT2D eigenvalue weighted by Crippen LogP contribution is -2.31. The SMILES string of the molecule is O=C(CCc1ccc(-c2ccccc2)cc1)N1CCC[C@H]1c1ncc(C2CC2)[nH]1. The van der Waals surface area contributed by atoms with Crippen LogP contribution in [0.5, 0.6) is 0 Å². The van der Waals surface area contributed by atoms with Crippen molar-refractivity contribution in [3.8, 4) is 11.1 Å². The summed E-state index contributed by atoms with van der Waals surface area (Å²) in [6, 6.07) is 19.1. The first-order valence-electron chi connectivity index (χ1n) is 10.8. The lowest BCUT2D eigenvalue weighted by Gasteiger charge is -2.23. The Morgan fingerprint density at radius 3 is 2.52 bits per heavy atom. The van der Waals surface area contributed by atoms with Gasteiger partial charge in [0.05, 0.1) is 6.04 Å². The van der Waals surface area contributed by atoms with Gasteiger partial charge >= 0.3 is 0 Å². The third-order valence-corrected chi connectivity index (χ3v) is 6.21. The highest BCUT2D eigenvalue weighted by Gasteiger charge is 2.33. The van der Waals surface area contributed by atoms with Crippen LogP contribution in [0.2, 0.25) is 0 Å². The standard InChI is InChI=1S/C25H27N3O/c29-24(15-10-18-8-11-20(12-9-18)19-5-2-1-3-6-19)28-16-4-7-23(28)25-26-17-22(27-25)21-13-14-21/h1-3,5-6,8-9,11-12,17,21,23H,4,7,10,13-16H2,(H,26,27)/t23-/m0/s1. The molecule has 0 bridgehead atoms. The van der Waals surface area contributed by atoms with Crippen LogP contribution in [0.15, 0.2) is 60.8 Å². The number of nitrogens with one attached hydrogen (secondary N) is 1. The quantitative estimate of drug-likeness (QED) is 0.630. The molecular weight excluding hydrogens is 358 g/mol. The highest BCUT2D eigenvalue weighted by Crippen LogP contribution is 2.40. The molecule has 2 aliphatic rings. The van der Waals surface area contributed by atoms with E-state index in [1.807, 2.05) is 17.2 Å². The van der Waals surface area contributed by atoms with Gasteiger partial charge in [0.15, 0.2) is 0 Å². The van der Waals surface area contributed by atoms with E-state index in [1.165, 1.54) is 35.2 Å². The van der Waals surface area contributed by atoms with Crippen LogP contribution in [0.1, 0.15) is 61.1 Å². The van der Waals surface area contributed by atoms with Gasteiger partial charge in [-0.1, -0.05) is 54.6 Å². The van der Waals surface area contributed by atoms with Crippen LogP contribution in [0.4, 0.5) is 0 Å². The fourth-order valence-corrected chi connectivity index (χ4v) is 4.36. The molecule has 1 amide bonds. The fraction of sp³-hybridized carbons (Fsp3) is 0.360. The molecule has 4 nitrogen and oxygen atoms in total. The maximum Gasteiger partial charge on any atom is 0.223 e. The second-order valence-electron chi connectivity index (χ2n) is 8.31. The Morgan fingerprint density at radius 2 is 1.76 bits per heavy atom. The number of hydrogen-bond acceptors (Lipinski definition) is 2. The van der Waals surface area contributed by atoms with Gasteiger partial charge in [-0.3, -0.25) is 4.79 Å². The van der Waals surface area contributed by atoms with Gasteiger partial charge in [0.1, 0.15) is 5.82 Å². The summed E-state index contributed by atoms with van der Waals surface area (Å²) in [7, 11) is 0. The van der Waals surface area contributed by atoms with E-state index in [0.29, 0.717) is 12.3 Å². The number of H-pyrrole nitrogens is 1. The molecule has 2 fully saturated rings. The third-order valence-electron chi connectivity index (χ3n) is 6.21. The molecule has 1 aliphatic heterocycles. The first kappa shape index (κ1) is 18.2. The summed E-state index contributed by atoms with van der Waals surface area (Å²) in [6.45, 7) is 0.843. The van der Waals surface area contributed by atoms with Gasteiger partial charge in [0.2, 0.25) is 5.91 Å². The summed E-state index contributed by atoms with van der Waals surface area (Å²) >= 11 is 0. The molecule has 1 saturated carbocycles. The van der Waals surface area contributed by atoms with E-state index < -0.39 is 0 Å². The van der Waals surface area contributed by atoms with Gasteiger partial charge in [0, 0.05) is 30.8 Å². The zero-order chi connectivity index (χ0) is 19.6. The second-order valence-corrected chi connectivity index (χ2v) is 8.31. The zero-order valence-corrected chi connectivity index (χ0v) is 16.7. The number of benzene rings is 2. The Morgan fingerprint density at radius 1 is 1.00 bits per heavy atom. The monoisotopic (exact) mass is 385 g/mol. The summed E-state index contributed by atoms with van der Waals surface area (Å²) < 4.78 is 0. The van der Waals surface area contributed by atoms with Crippen molar-refractivity contribution in [2.24, 2.45) is 0 Å². The molecule has 0 spiro atoms. The Balaban J connectivity index is 1.20. The Bertz CT molecular complexity index is 973. The normalized spacial score (nSPS) is 18.9. The number of aromatic nitrogens is 2. The molecule has 1 N–H and O–H groups in total. The number of hydrogen-bond donors (Lipinski definition) is 1. The van der Waals surface area contributed by atoms with Crippen molar-refractivity contribution in [1.82, 2.24) is 14.9 Å². The molecule has 1 aliphatic carbocycles. The minimum atomic E-state index is 0.121. The molecule has 0 radical (unpaired) electrons. The summed E-state index contributed by atoms with van der Waals surface area (Å²) in [5, 5.41) is 0. The van der Waals surface area contributed by atoms with E-state index in [1.54, 1.807) is 0 Å². The van der Waals surface area contributed by atoms with Crippen molar-refractivity contribution in [2.45, 2.75) is 50.5 Å².